The van der Waals surface area contributed by atoms with E-state index in [0.29, 0.717) is 6.54 Å². The van der Waals surface area contributed by atoms with Gasteiger partial charge < -0.3 is 9.42 Å². The predicted molar refractivity (Wildman–Crippen MR) is 90.2 cm³/mol. The Bertz CT molecular complexity index is 679. The summed E-state index contributed by atoms with van der Waals surface area (Å²) in [6.45, 7) is 5.81. The summed E-state index contributed by atoms with van der Waals surface area (Å²) in [6.07, 6.45) is 5.55. The van der Waals surface area contributed by atoms with Gasteiger partial charge in [0.1, 0.15) is 5.76 Å². The Morgan fingerprint density at radius 3 is 2.79 bits per heavy atom. The molecule has 3 heterocycles. The van der Waals surface area contributed by atoms with Gasteiger partial charge in [-0.2, -0.15) is 0 Å². The quantitative estimate of drug-likeness (QED) is 0.844. The molecule has 6 heteroatoms. The van der Waals surface area contributed by atoms with Gasteiger partial charge in [0.05, 0.1) is 18.3 Å². The molecule has 0 radical (unpaired) electrons. The molecule has 3 rings (SSSR count). The van der Waals surface area contributed by atoms with Crippen molar-refractivity contribution in [3.05, 3.63) is 47.1 Å². The van der Waals surface area contributed by atoms with Crippen molar-refractivity contribution < 1.29 is 9.32 Å². The number of hydrogen-bond donors (Lipinski definition) is 0. The van der Waals surface area contributed by atoms with Gasteiger partial charge in [0.2, 0.25) is 5.91 Å². The molecule has 0 spiro atoms. The first-order valence-electron chi connectivity index (χ1n) is 8.36. The molecule has 1 fully saturated rings. The summed E-state index contributed by atoms with van der Waals surface area (Å²) in [7, 11) is 1.97. The molecule has 0 N–H and O–H groups in total. The van der Waals surface area contributed by atoms with Crippen LogP contribution in [0.1, 0.15) is 41.5 Å². The molecule has 1 atom stereocenters. The Labute approximate surface area is 142 Å². The fourth-order valence-corrected chi connectivity index (χ4v) is 3.51. The van der Waals surface area contributed by atoms with Crippen LogP contribution < -0.4 is 0 Å². The number of carbonyl (C=O) groups excluding carboxylic acids is 1. The molecule has 128 valence electrons. The van der Waals surface area contributed by atoms with Crippen molar-refractivity contribution in [2.24, 2.45) is 0 Å². The SMILES string of the molecule is Cc1noc(C)c1[C@H]1CCCN1C(=O)CN(C)Cc1ccncc1. The first-order chi connectivity index (χ1) is 11.6. The Morgan fingerprint density at radius 1 is 1.38 bits per heavy atom. The second-order valence-electron chi connectivity index (χ2n) is 6.51. The smallest absolute Gasteiger partial charge is 0.237 e. The largest absolute Gasteiger partial charge is 0.361 e. The maximum Gasteiger partial charge on any atom is 0.237 e. The lowest BCUT2D eigenvalue weighted by Crippen LogP contribution is -2.38. The fourth-order valence-electron chi connectivity index (χ4n) is 3.51. The molecule has 0 aliphatic carbocycles. The second-order valence-corrected chi connectivity index (χ2v) is 6.51. The summed E-state index contributed by atoms with van der Waals surface area (Å²) in [6, 6.07) is 4.05. The van der Waals surface area contributed by atoms with E-state index in [-0.39, 0.29) is 11.9 Å². The van der Waals surface area contributed by atoms with Crippen LogP contribution in [0.3, 0.4) is 0 Å². The van der Waals surface area contributed by atoms with Gasteiger partial charge in [0.15, 0.2) is 0 Å². The van der Waals surface area contributed by atoms with Crippen molar-refractivity contribution in [1.82, 2.24) is 19.9 Å². The van der Waals surface area contributed by atoms with E-state index < -0.39 is 0 Å². The number of rotatable bonds is 5. The van der Waals surface area contributed by atoms with E-state index in [9.17, 15) is 4.79 Å². The van der Waals surface area contributed by atoms with Gasteiger partial charge in [-0.3, -0.25) is 14.7 Å². The highest BCUT2D eigenvalue weighted by Crippen LogP contribution is 2.35. The van der Waals surface area contributed by atoms with Crippen molar-refractivity contribution >= 4 is 5.91 Å². The van der Waals surface area contributed by atoms with Crippen molar-refractivity contribution in [1.29, 1.82) is 0 Å². The zero-order valence-electron chi connectivity index (χ0n) is 14.5. The van der Waals surface area contributed by atoms with Crippen LogP contribution >= 0.6 is 0 Å². The zero-order chi connectivity index (χ0) is 17.1. The monoisotopic (exact) mass is 328 g/mol. The molecule has 0 aromatic carbocycles. The molecule has 2 aromatic heterocycles. The Balaban J connectivity index is 1.65. The van der Waals surface area contributed by atoms with Crippen molar-refractivity contribution in [2.45, 2.75) is 39.3 Å². The van der Waals surface area contributed by atoms with E-state index in [0.717, 1.165) is 48.5 Å². The molecular formula is C18H24N4O2. The molecule has 1 saturated heterocycles. The molecule has 0 saturated carbocycles. The Hall–Kier alpha value is -2.21. The Morgan fingerprint density at radius 2 is 2.12 bits per heavy atom. The van der Waals surface area contributed by atoms with Crippen molar-refractivity contribution in [3.8, 4) is 0 Å². The van der Waals surface area contributed by atoms with Gasteiger partial charge in [-0.25, -0.2) is 0 Å². The van der Waals surface area contributed by atoms with E-state index in [1.807, 2.05) is 42.8 Å². The first-order valence-corrected chi connectivity index (χ1v) is 8.36. The maximum atomic E-state index is 12.8. The minimum absolute atomic E-state index is 0.0954. The van der Waals surface area contributed by atoms with Gasteiger partial charge in [-0.15, -0.1) is 0 Å². The summed E-state index contributed by atoms with van der Waals surface area (Å²) < 4.78 is 5.29. The molecule has 1 aliphatic heterocycles. The molecule has 0 unspecified atom stereocenters. The summed E-state index contributed by atoms with van der Waals surface area (Å²) >= 11 is 0. The van der Waals surface area contributed by atoms with Crippen LogP contribution in [0.4, 0.5) is 0 Å². The normalized spacial score (nSPS) is 17.7. The molecule has 0 bridgehead atoms. The average molecular weight is 328 g/mol. The molecule has 1 aliphatic rings. The number of aromatic nitrogens is 2. The van der Waals surface area contributed by atoms with E-state index in [1.165, 1.54) is 0 Å². The maximum absolute atomic E-state index is 12.8. The molecule has 6 nitrogen and oxygen atoms in total. The zero-order valence-corrected chi connectivity index (χ0v) is 14.5. The number of amides is 1. The first kappa shape index (κ1) is 16.6. The molecule has 2 aromatic rings. The third-order valence-corrected chi connectivity index (χ3v) is 4.60. The van der Waals surface area contributed by atoms with Crippen LogP contribution in [0.5, 0.6) is 0 Å². The average Bonchev–Trinajstić information content (AvgIpc) is 3.14. The number of nitrogens with zero attached hydrogens (tertiary/aromatic N) is 4. The summed E-state index contributed by atoms with van der Waals surface area (Å²) in [4.78, 5) is 20.8. The number of likely N-dealkylation sites (tertiary alicyclic amines) is 1. The van der Waals surface area contributed by atoms with E-state index >= 15 is 0 Å². The summed E-state index contributed by atoms with van der Waals surface area (Å²) in [5.41, 5.74) is 3.13. The predicted octanol–water partition coefficient (Wildman–Crippen LogP) is 2.48. The summed E-state index contributed by atoms with van der Waals surface area (Å²) in [5.74, 6) is 0.983. The Kier molecular flexibility index (Phi) is 4.94. The lowest BCUT2D eigenvalue weighted by atomic mass is 10.0. The topological polar surface area (TPSA) is 62.5 Å². The van der Waals surface area contributed by atoms with Crippen molar-refractivity contribution in [3.63, 3.8) is 0 Å². The van der Waals surface area contributed by atoms with Crippen LogP contribution in [0.2, 0.25) is 0 Å². The van der Waals surface area contributed by atoms with Crippen LogP contribution in [0.15, 0.2) is 29.0 Å². The lowest BCUT2D eigenvalue weighted by Gasteiger charge is -2.27. The van der Waals surface area contributed by atoms with Gasteiger partial charge in [-0.05, 0) is 51.4 Å². The number of likely N-dealkylation sites (N-methyl/N-ethyl adjacent to an activating group) is 1. The number of hydrogen-bond acceptors (Lipinski definition) is 5. The fraction of sp³-hybridized carbons (Fsp3) is 0.500. The number of pyridine rings is 1. The lowest BCUT2D eigenvalue weighted by molar-refractivity contribution is -0.133. The molecule has 1 amide bonds. The van der Waals surface area contributed by atoms with Gasteiger partial charge in [-0.1, -0.05) is 5.16 Å². The van der Waals surface area contributed by atoms with Crippen LogP contribution in [0.25, 0.3) is 0 Å². The van der Waals surface area contributed by atoms with E-state index in [2.05, 4.69) is 10.1 Å². The minimum atomic E-state index is 0.0954. The van der Waals surface area contributed by atoms with Crippen molar-refractivity contribution in [2.75, 3.05) is 20.1 Å². The third-order valence-electron chi connectivity index (χ3n) is 4.60. The highest BCUT2D eigenvalue weighted by atomic mass is 16.5. The van der Waals surface area contributed by atoms with Crippen LogP contribution in [-0.2, 0) is 11.3 Å². The number of carbonyl (C=O) groups is 1. The minimum Gasteiger partial charge on any atom is -0.361 e. The summed E-state index contributed by atoms with van der Waals surface area (Å²) in [5, 5.41) is 4.04. The van der Waals surface area contributed by atoms with Crippen LogP contribution in [-0.4, -0.2) is 46.0 Å². The number of aryl methyl sites for hydroxylation is 2. The van der Waals surface area contributed by atoms with Gasteiger partial charge in [0.25, 0.3) is 0 Å². The van der Waals surface area contributed by atoms with Gasteiger partial charge >= 0.3 is 0 Å². The third kappa shape index (κ3) is 3.48. The van der Waals surface area contributed by atoms with E-state index in [4.69, 9.17) is 4.52 Å². The molecule has 24 heavy (non-hydrogen) atoms. The highest BCUT2D eigenvalue weighted by molar-refractivity contribution is 5.79. The standard InChI is InChI=1S/C18H24N4O2/c1-13-18(14(2)24-20-13)16-5-4-10-22(16)17(23)12-21(3)11-15-6-8-19-9-7-15/h6-9,16H,4-5,10-12H2,1-3H3/t16-/m1/s1. The molecular weight excluding hydrogens is 304 g/mol. The van der Waals surface area contributed by atoms with Crippen LogP contribution in [0, 0.1) is 13.8 Å². The van der Waals surface area contributed by atoms with Gasteiger partial charge in [0, 0.05) is 31.0 Å². The van der Waals surface area contributed by atoms with E-state index in [1.54, 1.807) is 12.4 Å². The second kappa shape index (κ2) is 7.13. The highest BCUT2D eigenvalue weighted by Gasteiger charge is 2.33.